The van der Waals surface area contributed by atoms with Crippen molar-refractivity contribution in [3.8, 4) is 5.75 Å². The minimum atomic E-state index is -3.23. The predicted molar refractivity (Wildman–Crippen MR) is 107 cm³/mol. The van der Waals surface area contributed by atoms with Crippen LogP contribution in [0, 0.1) is 6.92 Å². The van der Waals surface area contributed by atoms with Gasteiger partial charge >= 0.3 is 6.09 Å². The molecule has 3 rings (SSSR count). The van der Waals surface area contributed by atoms with E-state index in [1.54, 1.807) is 23.5 Å². The van der Waals surface area contributed by atoms with Gasteiger partial charge in [-0.2, -0.15) is 0 Å². The average Bonchev–Trinajstić information content (AvgIpc) is 3.03. The Balaban J connectivity index is 1.68. The van der Waals surface area contributed by atoms with Crippen LogP contribution in [0.15, 0.2) is 29.2 Å². The lowest BCUT2D eigenvalue weighted by Gasteiger charge is -2.28. The molecule has 28 heavy (non-hydrogen) atoms. The van der Waals surface area contributed by atoms with Gasteiger partial charge in [-0.05, 0) is 51.0 Å². The third-order valence-corrected chi connectivity index (χ3v) is 7.19. The monoisotopic (exact) mass is 424 g/mol. The van der Waals surface area contributed by atoms with Crippen molar-refractivity contribution < 1.29 is 23.1 Å². The Morgan fingerprint density at radius 2 is 1.89 bits per heavy atom. The highest BCUT2D eigenvalue weighted by atomic mass is 32.2. The second kappa shape index (κ2) is 8.08. The maximum absolute atomic E-state index is 11.6. The number of sulfone groups is 1. The van der Waals surface area contributed by atoms with Gasteiger partial charge in [0.05, 0.1) is 15.6 Å². The van der Waals surface area contributed by atoms with Gasteiger partial charge in [0.2, 0.25) is 0 Å². The maximum Gasteiger partial charge on any atom is 0.407 e. The molecule has 1 atom stereocenters. The summed E-state index contributed by atoms with van der Waals surface area (Å²) in [6.07, 6.45) is 1.60. The van der Waals surface area contributed by atoms with E-state index in [1.165, 1.54) is 23.3 Å². The normalized spacial score (nSPS) is 16.8. The standard InChI is InChI=1S/C19H24N2O5S2/c1-12(26-15-4-6-16(7-5-15)28(3,24)25)17-13(2)27-18(20-17)14-8-10-21(11-9-14)19(22)23/h4-7,12,14H,8-11H2,1-3H3,(H,22,23). The molecule has 0 saturated carbocycles. The van der Waals surface area contributed by atoms with Crippen molar-refractivity contribution in [3.63, 3.8) is 0 Å². The third kappa shape index (κ3) is 4.64. The molecular formula is C19H24N2O5S2. The second-order valence-corrected chi connectivity index (χ2v) is 10.3. The fourth-order valence-electron chi connectivity index (χ4n) is 3.32. The molecule has 1 aliphatic heterocycles. The Morgan fingerprint density at radius 3 is 2.43 bits per heavy atom. The predicted octanol–water partition coefficient (Wildman–Crippen LogP) is 3.85. The van der Waals surface area contributed by atoms with Gasteiger partial charge in [0.1, 0.15) is 11.9 Å². The first kappa shape index (κ1) is 20.6. The van der Waals surface area contributed by atoms with E-state index < -0.39 is 15.9 Å². The zero-order valence-corrected chi connectivity index (χ0v) is 17.7. The molecule has 1 unspecified atom stereocenters. The van der Waals surface area contributed by atoms with Crippen LogP contribution in [0.1, 0.15) is 47.4 Å². The molecule has 1 saturated heterocycles. The van der Waals surface area contributed by atoms with Gasteiger partial charge in [0.15, 0.2) is 9.84 Å². The Morgan fingerprint density at radius 1 is 1.29 bits per heavy atom. The zero-order chi connectivity index (χ0) is 20.5. The number of hydrogen-bond acceptors (Lipinski definition) is 6. The lowest BCUT2D eigenvalue weighted by Crippen LogP contribution is -2.36. The topological polar surface area (TPSA) is 96.8 Å². The summed E-state index contributed by atoms with van der Waals surface area (Å²) in [6.45, 7) is 5.00. The summed E-state index contributed by atoms with van der Waals surface area (Å²) < 4.78 is 29.1. The molecular weight excluding hydrogens is 400 g/mol. The lowest BCUT2D eigenvalue weighted by atomic mass is 9.98. The van der Waals surface area contributed by atoms with Crippen molar-refractivity contribution in [1.29, 1.82) is 0 Å². The summed E-state index contributed by atoms with van der Waals surface area (Å²) in [7, 11) is -3.23. The number of likely N-dealkylation sites (tertiary alicyclic amines) is 1. The van der Waals surface area contributed by atoms with Crippen LogP contribution in [0.5, 0.6) is 5.75 Å². The van der Waals surface area contributed by atoms with Crippen LogP contribution < -0.4 is 4.74 Å². The lowest BCUT2D eigenvalue weighted by molar-refractivity contribution is 0.132. The highest BCUT2D eigenvalue weighted by Gasteiger charge is 2.27. The zero-order valence-electron chi connectivity index (χ0n) is 16.1. The number of piperidine rings is 1. The van der Waals surface area contributed by atoms with Gasteiger partial charge in [-0.3, -0.25) is 0 Å². The molecule has 2 aromatic rings. The highest BCUT2D eigenvalue weighted by Crippen LogP contribution is 2.35. The number of rotatable bonds is 5. The van der Waals surface area contributed by atoms with E-state index in [2.05, 4.69) is 0 Å². The number of carboxylic acid groups (broad SMARTS) is 1. The van der Waals surface area contributed by atoms with E-state index in [1.807, 2.05) is 13.8 Å². The first-order valence-corrected chi connectivity index (χ1v) is 11.8. The third-order valence-electron chi connectivity index (χ3n) is 4.91. The van der Waals surface area contributed by atoms with Gasteiger partial charge in [-0.15, -0.1) is 11.3 Å². The van der Waals surface area contributed by atoms with E-state index in [9.17, 15) is 13.2 Å². The fourth-order valence-corrected chi connectivity index (χ4v) is 5.13. The van der Waals surface area contributed by atoms with Crippen LogP contribution in [0.25, 0.3) is 0 Å². The smallest absolute Gasteiger partial charge is 0.407 e. The number of benzene rings is 1. The fraction of sp³-hybridized carbons (Fsp3) is 0.474. The van der Waals surface area contributed by atoms with Crippen LogP contribution in [0.2, 0.25) is 0 Å². The number of nitrogens with zero attached hydrogens (tertiary/aromatic N) is 2. The van der Waals surface area contributed by atoms with E-state index >= 15 is 0 Å². The number of carbonyl (C=O) groups is 1. The molecule has 1 aromatic carbocycles. The van der Waals surface area contributed by atoms with Crippen molar-refractivity contribution in [3.05, 3.63) is 39.8 Å². The summed E-state index contributed by atoms with van der Waals surface area (Å²) in [5, 5.41) is 10.1. The molecule has 1 amide bonds. The van der Waals surface area contributed by atoms with Crippen LogP contribution in [-0.2, 0) is 9.84 Å². The molecule has 0 radical (unpaired) electrons. The van der Waals surface area contributed by atoms with Crippen LogP contribution in [0.3, 0.4) is 0 Å². The minimum Gasteiger partial charge on any atom is -0.484 e. The highest BCUT2D eigenvalue weighted by molar-refractivity contribution is 7.90. The molecule has 0 aliphatic carbocycles. The summed E-state index contributed by atoms with van der Waals surface area (Å²) >= 11 is 1.64. The Hall–Kier alpha value is -2.13. The number of thiazole rings is 1. The Kier molecular flexibility index (Phi) is 5.95. The summed E-state index contributed by atoms with van der Waals surface area (Å²) in [5.74, 6) is 0.859. The van der Waals surface area contributed by atoms with Gasteiger partial charge in [-0.25, -0.2) is 18.2 Å². The summed E-state index contributed by atoms with van der Waals surface area (Å²) in [5.41, 5.74) is 0.868. The molecule has 0 bridgehead atoms. The molecule has 1 N–H and O–H groups in total. The van der Waals surface area contributed by atoms with Crippen molar-refractivity contribution in [2.45, 2.75) is 43.6 Å². The molecule has 1 fully saturated rings. The first-order valence-electron chi connectivity index (χ1n) is 9.07. The molecule has 1 aromatic heterocycles. The molecule has 9 heteroatoms. The number of amides is 1. The number of ether oxygens (including phenoxy) is 1. The van der Waals surface area contributed by atoms with Crippen molar-refractivity contribution >= 4 is 27.3 Å². The molecule has 152 valence electrons. The van der Waals surface area contributed by atoms with E-state index in [0.717, 1.165) is 28.4 Å². The number of hydrogen-bond donors (Lipinski definition) is 1. The van der Waals surface area contributed by atoms with E-state index in [-0.39, 0.29) is 16.9 Å². The SMILES string of the molecule is Cc1sc(C2CCN(C(=O)O)CC2)nc1C(C)Oc1ccc(S(C)(=O)=O)cc1. The first-order chi connectivity index (χ1) is 13.1. The van der Waals surface area contributed by atoms with E-state index in [4.69, 9.17) is 14.8 Å². The molecule has 0 spiro atoms. The molecule has 2 heterocycles. The number of aryl methyl sites for hydroxylation is 1. The van der Waals surface area contributed by atoms with E-state index in [0.29, 0.717) is 18.8 Å². The average molecular weight is 425 g/mol. The van der Waals surface area contributed by atoms with Crippen molar-refractivity contribution in [1.82, 2.24) is 9.88 Å². The quantitative estimate of drug-likeness (QED) is 0.783. The summed E-state index contributed by atoms with van der Waals surface area (Å²) in [4.78, 5) is 18.6. The Bertz CT molecular complexity index is 945. The maximum atomic E-state index is 11.6. The van der Waals surface area contributed by atoms with Gasteiger partial charge in [-0.1, -0.05) is 0 Å². The second-order valence-electron chi connectivity index (χ2n) is 7.04. The van der Waals surface area contributed by atoms with Crippen LogP contribution >= 0.6 is 11.3 Å². The van der Waals surface area contributed by atoms with Gasteiger partial charge < -0.3 is 14.7 Å². The van der Waals surface area contributed by atoms with Gasteiger partial charge in [0, 0.05) is 30.1 Å². The summed E-state index contributed by atoms with van der Waals surface area (Å²) in [6, 6.07) is 6.37. The van der Waals surface area contributed by atoms with Crippen molar-refractivity contribution in [2.24, 2.45) is 0 Å². The molecule has 1 aliphatic rings. The molecule has 7 nitrogen and oxygen atoms in total. The minimum absolute atomic E-state index is 0.257. The largest absolute Gasteiger partial charge is 0.484 e. The van der Waals surface area contributed by atoms with Gasteiger partial charge in [0.25, 0.3) is 0 Å². The Labute approximate surface area is 168 Å². The number of aromatic nitrogens is 1. The van der Waals surface area contributed by atoms with Crippen LogP contribution in [-0.4, -0.2) is 48.8 Å². The van der Waals surface area contributed by atoms with Crippen molar-refractivity contribution in [2.75, 3.05) is 19.3 Å². The van der Waals surface area contributed by atoms with Crippen LogP contribution in [0.4, 0.5) is 4.79 Å².